The lowest BCUT2D eigenvalue weighted by molar-refractivity contribution is 1.17. The average molecular weight is 1110 g/mol. The molecule has 0 saturated heterocycles. The largest absolute Gasteiger partial charge is 0.309 e. The highest BCUT2D eigenvalue weighted by molar-refractivity contribution is 6.21. The minimum Gasteiger partial charge on any atom is -0.309 e. The van der Waals surface area contributed by atoms with Gasteiger partial charge in [0.05, 0.1) is 72.2 Å². The zero-order valence-electron chi connectivity index (χ0n) is 46.8. The molecule has 20 rings (SSSR count). The number of imidazole rings is 2. The van der Waals surface area contributed by atoms with Crippen LogP contribution in [0.5, 0.6) is 0 Å². The zero-order chi connectivity index (χ0) is 56.6. The SMILES string of the molecule is c1ccc(-c2nc3cccc4c5ccc(-c6ccc(-n7c8ccccc8c8c(-c9ccccc9-c9nc%10cccc%11c%12ccc(-n%13c%14ccccc%14c%14c(-n%15c%16ccccc%16c%16ccccc%16%15)cccc%14%13)cc%12c9n%10%11)cccc87)cc6)cc5c2n34)cc1. The van der Waals surface area contributed by atoms with Crippen molar-refractivity contribution in [3.63, 3.8) is 0 Å². The van der Waals surface area contributed by atoms with E-state index >= 15 is 0 Å². The molecule has 0 aliphatic rings. The van der Waals surface area contributed by atoms with Crippen LogP contribution >= 0.6 is 0 Å². The molecule has 11 aromatic carbocycles. The maximum atomic E-state index is 5.59. The van der Waals surface area contributed by atoms with Crippen molar-refractivity contribution in [2.45, 2.75) is 0 Å². The molecule has 7 heteroatoms. The second-order valence-electron chi connectivity index (χ2n) is 23.2. The standard InChI is InChI=1S/C80H47N7/c1-2-18-49(19-3-1)77-79-62-46-50(40-44-56(62)66-31-16-36-73(81-77)86(66)79)48-38-41-51(42-39-48)83-68-29-12-8-24-60(68)75-58(26-14-33-70(75)83)53-20-4-5-23-59(53)78-80-63-47-52(43-45-57(63)67-32-17-37-74(82-78)87(67)80)84-69-30-13-9-25-61(69)76-71(84)34-15-35-72(76)85-64-27-10-6-21-54(64)55-22-7-11-28-65(55)85/h1-47H. The Balaban J connectivity index is 0.736. The van der Waals surface area contributed by atoms with E-state index in [1.165, 1.54) is 81.8 Å². The van der Waals surface area contributed by atoms with Crippen molar-refractivity contribution in [2.75, 3.05) is 0 Å². The maximum Gasteiger partial charge on any atom is 0.138 e. The van der Waals surface area contributed by atoms with E-state index in [0.29, 0.717) is 0 Å². The first-order valence-electron chi connectivity index (χ1n) is 29.8. The summed E-state index contributed by atoms with van der Waals surface area (Å²) < 4.78 is 12.1. The van der Waals surface area contributed by atoms with E-state index in [1.54, 1.807) is 0 Å². The number of pyridine rings is 2. The number of hydrogen-bond donors (Lipinski definition) is 0. The van der Waals surface area contributed by atoms with Gasteiger partial charge in [0.25, 0.3) is 0 Å². The lowest BCUT2D eigenvalue weighted by Gasteiger charge is -2.12. The van der Waals surface area contributed by atoms with Gasteiger partial charge >= 0.3 is 0 Å². The van der Waals surface area contributed by atoms with Crippen molar-refractivity contribution in [2.24, 2.45) is 0 Å². The molecule has 0 atom stereocenters. The second-order valence-corrected chi connectivity index (χ2v) is 23.2. The molecule has 0 saturated carbocycles. The Kier molecular flexibility index (Phi) is 9.33. The van der Waals surface area contributed by atoms with E-state index < -0.39 is 0 Å². The quantitative estimate of drug-likeness (QED) is 0.160. The van der Waals surface area contributed by atoms with Gasteiger partial charge in [0, 0.05) is 76.4 Å². The van der Waals surface area contributed by atoms with Crippen molar-refractivity contribution >= 4 is 120 Å². The summed E-state index contributed by atoms with van der Waals surface area (Å²) in [6, 6.07) is 104. The molecule has 402 valence electrons. The van der Waals surface area contributed by atoms with E-state index in [9.17, 15) is 0 Å². The van der Waals surface area contributed by atoms with Crippen LogP contribution in [0, 0.1) is 0 Å². The van der Waals surface area contributed by atoms with Gasteiger partial charge in [-0.15, -0.1) is 0 Å². The molecule has 9 aromatic heterocycles. The molecule has 7 nitrogen and oxygen atoms in total. The van der Waals surface area contributed by atoms with E-state index in [0.717, 1.165) is 100 Å². The molecule has 9 heterocycles. The monoisotopic (exact) mass is 1110 g/mol. The molecule has 0 fully saturated rings. The van der Waals surface area contributed by atoms with Crippen molar-refractivity contribution in [3.05, 3.63) is 285 Å². The van der Waals surface area contributed by atoms with Crippen molar-refractivity contribution in [1.29, 1.82) is 0 Å². The number of fused-ring (bicyclic) bond motifs is 15. The minimum atomic E-state index is 0.928. The van der Waals surface area contributed by atoms with Crippen LogP contribution in [0.3, 0.4) is 0 Å². The first kappa shape index (κ1) is 46.7. The van der Waals surface area contributed by atoms with Gasteiger partial charge in [0.15, 0.2) is 0 Å². The fourth-order valence-corrected chi connectivity index (χ4v) is 15.2. The molecule has 20 aromatic rings. The molecule has 0 N–H and O–H groups in total. The summed E-state index contributed by atoms with van der Waals surface area (Å²) in [5.41, 5.74) is 25.7. The van der Waals surface area contributed by atoms with E-state index in [-0.39, 0.29) is 0 Å². The maximum absolute atomic E-state index is 5.59. The lowest BCUT2D eigenvalue weighted by Crippen LogP contribution is -1.96. The van der Waals surface area contributed by atoms with Gasteiger partial charge in [-0.05, 0) is 119 Å². The summed E-state index contributed by atoms with van der Waals surface area (Å²) >= 11 is 0. The fourth-order valence-electron chi connectivity index (χ4n) is 15.2. The summed E-state index contributed by atoms with van der Waals surface area (Å²) in [6.07, 6.45) is 0. The minimum absolute atomic E-state index is 0.928. The Labute approximate surface area is 497 Å². The number of aromatic nitrogens is 7. The van der Waals surface area contributed by atoms with E-state index in [1.807, 2.05) is 0 Å². The molecule has 0 radical (unpaired) electrons. The van der Waals surface area contributed by atoms with Gasteiger partial charge in [0.1, 0.15) is 11.3 Å². The molecule has 0 bridgehead atoms. The number of benzene rings is 11. The molecular formula is C80H47N7. The van der Waals surface area contributed by atoms with Crippen molar-refractivity contribution in [3.8, 4) is 61.8 Å². The molecule has 0 aliphatic carbocycles. The van der Waals surface area contributed by atoms with Crippen LogP contribution in [0.4, 0.5) is 0 Å². The molecule has 0 spiro atoms. The highest BCUT2D eigenvalue weighted by Crippen LogP contribution is 2.47. The molecule has 0 amide bonds. The molecule has 87 heavy (non-hydrogen) atoms. The zero-order valence-corrected chi connectivity index (χ0v) is 46.8. The third-order valence-electron chi connectivity index (χ3n) is 18.8. The fraction of sp³-hybridized carbons (Fsp3) is 0. The van der Waals surface area contributed by atoms with Crippen LogP contribution in [0.2, 0.25) is 0 Å². The Morgan fingerprint density at radius 2 is 0.678 bits per heavy atom. The predicted octanol–water partition coefficient (Wildman–Crippen LogP) is 20.4. The third-order valence-corrected chi connectivity index (χ3v) is 18.8. The van der Waals surface area contributed by atoms with E-state index in [2.05, 4.69) is 308 Å². The van der Waals surface area contributed by atoms with Gasteiger partial charge in [0.2, 0.25) is 0 Å². The molecular weight excluding hydrogens is 1060 g/mol. The first-order valence-corrected chi connectivity index (χ1v) is 29.8. The smallest absolute Gasteiger partial charge is 0.138 e. The number of rotatable bonds is 7. The van der Waals surface area contributed by atoms with Crippen LogP contribution in [0.25, 0.3) is 182 Å². The van der Waals surface area contributed by atoms with Crippen LogP contribution < -0.4 is 0 Å². The van der Waals surface area contributed by atoms with E-state index in [4.69, 9.17) is 9.97 Å². The van der Waals surface area contributed by atoms with Gasteiger partial charge < -0.3 is 13.7 Å². The second kappa shape index (κ2) is 17.4. The Morgan fingerprint density at radius 3 is 1.37 bits per heavy atom. The third kappa shape index (κ3) is 6.33. The highest BCUT2D eigenvalue weighted by atomic mass is 15.1. The van der Waals surface area contributed by atoms with Crippen molar-refractivity contribution < 1.29 is 0 Å². The van der Waals surface area contributed by atoms with Gasteiger partial charge in [-0.25, -0.2) is 9.97 Å². The van der Waals surface area contributed by atoms with Crippen molar-refractivity contribution in [1.82, 2.24) is 32.5 Å². The summed E-state index contributed by atoms with van der Waals surface area (Å²) in [4.78, 5) is 10.7. The van der Waals surface area contributed by atoms with Crippen LogP contribution in [0.1, 0.15) is 0 Å². The Morgan fingerprint density at radius 1 is 0.230 bits per heavy atom. The van der Waals surface area contributed by atoms with Gasteiger partial charge in [-0.2, -0.15) is 0 Å². The number of para-hydroxylation sites is 4. The van der Waals surface area contributed by atoms with Gasteiger partial charge in [-0.1, -0.05) is 188 Å². The molecule has 0 unspecified atom stereocenters. The van der Waals surface area contributed by atoms with Gasteiger partial charge in [-0.3, -0.25) is 8.80 Å². The average Bonchev–Trinajstić information content (AvgIpc) is 1.81. The Bertz CT molecular complexity index is 6190. The summed E-state index contributed by atoms with van der Waals surface area (Å²) in [6.45, 7) is 0. The van der Waals surface area contributed by atoms with Crippen LogP contribution in [0.15, 0.2) is 285 Å². The first-order chi connectivity index (χ1) is 43.2. The topological polar surface area (TPSA) is 49.4 Å². The van der Waals surface area contributed by atoms with Crippen LogP contribution in [-0.2, 0) is 0 Å². The molecule has 0 aliphatic heterocycles. The lowest BCUT2D eigenvalue weighted by atomic mass is 9.93. The van der Waals surface area contributed by atoms with Crippen LogP contribution in [-0.4, -0.2) is 32.5 Å². The summed E-state index contributed by atoms with van der Waals surface area (Å²) in [7, 11) is 0. The summed E-state index contributed by atoms with van der Waals surface area (Å²) in [5, 5.41) is 12.1. The highest BCUT2D eigenvalue weighted by Gasteiger charge is 2.26. The normalized spacial score (nSPS) is 12.4. The summed E-state index contributed by atoms with van der Waals surface area (Å²) in [5.74, 6) is 0. The number of nitrogens with zero attached hydrogens (tertiary/aromatic N) is 7. The Hall–Kier alpha value is -11.8. The number of hydrogen-bond acceptors (Lipinski definition) is 2. The predicted molar refractivity (Wildman–Crippen MR) is 361 cm³/mol.